The van der Waals surface area contributed by atoms with Crippen LogP contribution < -0.4 is 11.1 Å². The number of aryl methyl sites for hydroxylation is 1. The first-order chi connectivity index (χ1) is 9.11. The Morgan fingerprint density at radius 3 is 2.68 bits per heavy atom. The first kappa shape index (κ1) is 14.0. The Morgan fingerprint density at radius 2 is 2.00 bits per heavy atom. The zero-order chi connectivity index (χ0) is 13.8. The molecule has 0 aliphatic carbocycles. The van der Waals surface area contributed by atoms with Gasteiger partial charge in [0.05, 0.1) is 5.69 Å². The molecule has 0 atom stereocenters. The van der Waals surface area contributed by atoms with E-state index in [4.69, 9.17) is 5.73 Å². The summed E-state index contributed by atoms with van der Waals surface area (Å²) in [6.07, 6.45) is 1.84. The molecule has 2 rings (SSSR count). The van der Waals surface area contributed by atoms with E-state index in [1.807, 2.05) is 25.1 Å². The third-order valence-electron chi connectivity index (χ3n) is 2.83. The summed E-state index contributed by atoms with van der Waals surface area (Å²) in [7, 11) is 0. The standard InChI is InChI=1S/C14H17IN4/c1-3-6-12-18-13(16)9(2)14(19-12)17-11-8-5-4-7-10(11)15/h4-5,7-8H,3,6H2,1-2H3,(H3,16,17,18,19). The summed E-state index contributed by atoms with van der Waals surface area (Å²) in [5, 5.41) is 3.34. The van der Waals surface area contributed by atoms with Gasteiger partial charge in [0.15, 0.2) is 0 Å². The minimum Gasteiger partial charge on any atom is -0.383 e. The monoisotopic (exact) mass is 368 g/mol. The molecule has 0 spiro atoms. The first-order valence-electron chi connectivity index (χ1n) is 6.26. The molecular formula is C14H17IN4. The third kappa shape index (κ3) is 3.34. The van der Waals surface area contributed by atoms with Crippen LogP contribution in [0.2, 0.25) is 0 Å². The van der Waals surface area contributed by atoms with Crippen molar-refractivity contribution < 1.29 is 0 Å². The molecule has 0 aliphatic rings. The Hall–Kier alpha value is -1.37. The normalized spacial score (nSPS) is 10.5. The van der Waals surface area contributed by atoms with Crippen LogP contribution in [0, 0.1) is 10.5 Å². The SMILES string of the molecule is CCCc1nc(N)c(C)c(Nc2ccccc2I)n1. The summed E-state index contributed by atoms with van der Waals surface area (Å²) in [4.78, 5) is 8.87. The maximum atomic E-state index is 5.95. The van der Waals surface area contributed by atoms with Gasteiger partial charge in [-0.05, 0) is 48.1 Å². The van der Waals surface area contributed by atoms with Crippen LogP contribution in [0.1, 0.15) is 24.7 Å². The van der Waals surface area contributed by atoms with E-state index in [0.717, 1.165) is 39.3 Å². The lowest BCUT2D eigenvalue weighted by molar-refractivity contribution is 0.836. The van der Waals surface area contributed by atoms with Crippen molar-refractivity contribution in [2.75, 3.05) is 11.1 Å². The van der Waals surface area contributed by atoms with Crippen LogP contribution in [0.25, 0.3) is 0 Å². The lowest BCUT2D eigenvalue weighted by atomic mass is 10.2. The first-order valence-corrected chi connectivity index (χ1v) is 7.34. The number of halogens is 1. The van der Waals surface area contributed by atoms with Gasteiger partial charge >= 0.3 is 0 Å². The molecule has 0 amide bonds. The second kappa shape index (κ2) is 6.18. The van der Waals surface area contributed by atoms with Crippen LogP contribution in [0.15, 0.2) is 24.3 Å². The molecule has 0 fully saturated rings. The van der Waals surface area contributed by atoms with Crippen molar-refractivity contribution in [3.05, 3.63) is 39.2 Å². The average molecular weight is 368 g/mol. The van der Waals surface area contributed by atoms with Gasteiger partial charge in [0.25, 0.3) is 0 Å². The fourth-order valence-corrected chi connectivity index (χ4v) is 2.25. The number of hydrogen-bond acceptors (Lipinski definition) is 4. The fourth-order valence-electron chi connectivity index (χ4n) is 1.73. The van der Waals surface area contributed by atoms with Gasteiger partial charge in [0, 0.05) is 15.6 Å². The lowest BCUT2D eigenvalue weighted by Crippen LogP contribution is -2.07. The lowest BCUT2D eigenvalue weighted by Gasteiger charge is -2.12. The highest BCUT2D eigenvalue weighted by Gasteiger charge is 2.09. The maximum Gasteiger partial charge on any atom is 0.139 e. The second-order valence-corrected chi connectivity index (χ2v) is 5.52. The summed E-state index contributed by atoms with van der Waals surface area (Å²) in [6.45, 7) is 4.04. The minimum atomic E-state index is 0.548. The Bertz CT molecular complexity index is 584. The molecular weight excluding hydrogens is 351 g/mol. The molecule has 0 bridgehead atoms. The molecule has 4 nitrogen and oxygen atoms in total. The van der Waals surface area contributed by atoms with Gasteiger partial charge < -0.3 is 11.1 Å². The fraction of sp³-hybridized carbons (Fsp3) is 0.286. The number of nitrogens with zero attached hydrogens (tertiary/aromatic N) is 2. The van der Waals surface area contributed by atoms with Crippen LogP contribution in [0.4, 0.5) is 17.3 Å². The van der Waals surface area contributed by atoms with E-state index in [1.165, 1.54) is 0 Å². The van der Waals surface area contributed by atoms with E-state index in [0.29, 0.717) is 5.82 Å². The van der Waals surface area contributed by atoms with Gasteiger partial charge in [0.1, 0.15) is 17.5 Å². The van der Waals surface area contributed by atoms with Crippen molar-refractivity contribution in [1.29, 1.82) is 0 Å². The Morgan fingerprint density at radius 1 is 1.26 bits per heavy atom. The van der Waals surface area contributed by atoms with Crippen molar-refractivity contribution in [3.63, 3.8) is 0 Å². The summed E-state index contributed by atoms with van der Waals surface area (Å²) < 4.78 is 1.15. The van der Waals surface area contributed by atoms with E-state index in [1.54, 1.807) is 0 Å². The molecule has 0 aliphatic heterocycles. The minimum absolute atomic E-state index is 0.548. The molecule has 1 aromatic heterocycles. The van der Waals surface area contributed by atoms with E-state index < -0.39 is 0 Å². The predicted molar refractivity (Wildman–Crippen MR) is 87.6 cm³/mol. The van der Waals surface area contributed by atoms with Crippen LogP contribution in [-0.4, -0.2) is 9.97 Å². The van der Waals surface area contributed by atoms with Crippen LogP contribution >= 0.6 is 22.6 Å². The van der Waals surface area contributed by atoms with Crippen molar-refractivity contribution in [1.82, 2.24) is 9.97 Å². The van der Waals surface area contributed by atoms with E-state index >= 15 is 0 Å². The molecule has 0 saturated carbocycles. The highest BCUT2D eigenvalue weighted by atomic mass is 127. The zero-order valence-corrected chi connectivity index (χ0v) is 13.2. The maximum absolute atomic E-state index is 5.95. The molecule has 1 heterocycles. The second-order valence-electron chi connectivity index (χ2n) is 4.35. The van der Waals surface area contributed by atoms with Crippen molar-refractivity contribution in [2.24, 2.45) is 0 Å². The predicted octanol–water partition coefficient (Wildman–Crippen LogP) is 3.67. The van der Waals surface area contributed by atoms with Gasteiger partial charge in [-0.3, -0.25) is 0 Å². The summed E-state index contributed by atoms with van der Waals surface area (Å²) >= 11 is 2.30. The van der Waals surface area contributed by atoms with Crippen molar-refractivity contribution in [3.8, 4) is 0 Å². The average Bonchev–Trinajstić information content (AvgIpc) is 2.38. The van der Waals surface area contributed by atoms with Crippen molar-refractivity contribution in [2.45, 2.75) is 26.7 Å². The number of para-hydroxylation sites is 1. The number of benzene rings is 1. The van der Waals surface area contributed by atoms with Gasteiger partial charge in [-0.25, -0.2) is 9.97 Å². The Kier molecular flexibility index (Phi) is 4.57. The highest BCUT2D eigenvalue weighted by Crippen LogP contribution is 2.25. The number of aromatic nitrogens is 2. The molecule has 0 saturated heterocycles. The summed E-state index contributed by atoms with van der Waals surface area (Å²) in [5.74, 6) is 2.13. The molecule has 0 unspecified atom stereocenters. The molecule has 3 N–H and O–H groups in total. The molecule has 100 valence electrons. The third-order valence-corrected chi connectivity index (χ3v) is 3.77. The van der Waals surface area contributed by atoms with E-state index in [2.05, 4.69) is 50.9 Å². The molecule has 1 aromatic carbocycles. The highest BCUT2D eigenvalue weighted by molar-refractivity contribution is 14.1. The Labute approximate surface area is 127 Å². The number of anilines is 3. The molecule has 5 heteroatoms. The number of rotatable bonds is 4. The molecule has 2 aromatic rings. The zero-order valence-electron chi connectivity index (χ0n) is 11.1. The number of nitrogens with one attached hydrogen (secondary N) is 1. The number of nitrogen functional groups attached to an aromatic ring is 1. The number of hydrogen-bond donors (Lipinski definition) is 2. The van der Waals surface area contributed by atoms with Crippen LogP contribution in [0.5, 0.6) is 0 Å². The number of nitrogens with two attached hydrogens (primary N) is 1. The largest absolute Gasteiger partial charge is 0.383 e. The van der Waals surface area contributed by atoms with E-state index in [-0.39, 0.29) is 0 Å². The molecule has 19 heavy (non-hydrogen) atoms. The van der Waals surface area contributed by atoms with Crippen LogP contribution in [0.3, 0.4) is 0 Å². The smallest absolute Gasteiger partial charge is 0.139 e. The topological polar surface area (TPSA) is 63.8 Å². The van der Waals surface area contributed by atoms with Gasteiger partial charge in [-0.15, -0.1) is 0 Å². The van der Waals surface area contributed by atoms with Crippen molar-refractivity contribution >= 4 is 39.9 Å². The van der Waals surface area contributed by atoms with Gasteiger partial charge in [-0.2, -0.15) is 0 Å². The van der Waals surface area contributed by atoms with Crippen LogP contribution in [-0.2, 0) is 6.42 Å². The Balaban J connectivity index is 2.36. The summed E-state index contributed by atoms with van der Waals surface area (Å²) in [5.41, 5.74) is 7.87. The van der Waals surface area contributed by atoms with Gasteiger partial charge in [-0.1, -0.05) is 19.1 Å². The molecule has 0 radical (unpaired) electrons. The quantitative estimate of drug-likeness (QED) is 0.809. The van der Waals surface area contributed by atoms with E-state index in [9.17, 15) is 0 Å². The van der Waals surface area contributed by atoms with Gasteiger partial charge in [0.2, 0.25) is 0 Å². The summed E-state index contributed by atoms with van der Waals surface area (Å²) in [6, 6.07) is 8.09.